The molecule has 0 radical (unpaired) electrons. The highest BCUT2D eigenvalue weighted by atomic mass is 19.3. The van der Waals surface area contributed by atoms with Gasteiger partial charge in [-0.2, -0.15) is 8.78 Å². The van der Waals surface area contributed by atoms with E-state index in [1.807, 2.05) is 31.2 Å². The summed E-state index contributed by atoms with van der Waals surface area (Å²) < 4.78 is 35.5. The summed E-state index contributed by atoms with van der Waals surface area (Å²) in [6.45, 7) is 2.53. The fourth-order valence-electron chi connectivity index (χ4n) is 3.92. The van der Waals surface area contributed by atoms with Gasteiger partial charge < -0.3 is 29.9 Å². The SMILES string of the molecule is CCC1=C(C(=O)NCc2ccc(N3CCOCC3)cc2)N2C=CC=C(OC(F)F)C2N1. The first-order valence-corrected chi connectivity index (χ1v) is 10.4. The predicted octanol–water partition coefficient (Wildman–Crippen LogP) is 2.64. The van der Waals surface area contributed by atoms with Crippen LogP contribution in [0.5, 0.6) is 0 Å². The molecule has 4 rings (SSSR count). The average Bonchev–Trinajstić information content (AvgIpc) is 3.18. The molecule has 3 aliphatic rings. The predicted molar refractivity (Wildman–Crippen MR) is 112 cm³/mol. The minimum atomic E-state index is -2.93. The van der Waals surface area contributed by atoms with Gasteiger partial charge in [0.25, 0.3) is 5.91 Å². The molecule has 0 bridgehead atoms. The van der Waals surface area contributed by atoms with Crippen LogP contribution in [-0.2, 0) is 20.8 Å². The molecule has 1 unspecified atom stereocenters. The Bertz CT molecular complexity index is 893. The fourth-order valence-corrected chi connectivity index (χ4v) is 3.92. The molecule has 7 nitrogen and oxygen atoms in total. The molecule has 1 saturated heterocycles. The Hall–Kier alpha value is -3.07. The van der Waals surface area contributed by atoms with Gasteiger partial charge in [-0.05, 0) is 36.3 Å². The number of benzene rings is 1. The monoisotopic (exact) mass is 432 g/mol. The van der Waals surface area contributed by atoms with Crippen molar-refractivity contribution in [3.63, 3.8) is 0 Å². The molecular formula is C22H26F2N4O3. The van der Waals surface area contributed by atoms with Crippen molar-refractivity contribution in [3.8, 4) is 0 Å². The number of nitrogens with one attached hydrogen (secondary N) is 2. The van der Waals surface area contributed by atoms with Crippen LogP contribution in [0.25, 0.3) is 0 Å². The maximum atomic E-state index is 13.0. The van der Waals surface area contributed by atoms with Gasteiger partial charge in [0, 0.05) is 37.2 Å². The molecule has 1 aromatic rings. The number of anilines is 1. The number of halogens is 2. The Balaban J connectivity index is 1.40. The first kappa shape index (κ1) is 21.2. The zero-order valence-electron chi connectivity index (χ0n) is 17.3. The lowest BCUT2D eigenvalue weighted by molar-refractivity contribution is -0.119. The number of ether oxygens (including phenoxy) is 2. The number of nitrogens with zero attached hydrogens (tertiary/aromatic N) is 2. The molecule has 3 heterocycles. The van der Waals surface area contributed by atoms with Gasteiger partial charge in [0.1, 0.15) is 11.5 Å². The number of carbonyl (C=O) groups is 1. The highest BCUT2D eigenvalue weighted by Crippen LogP contribution is 2.30. The van der Waals surface area contributed by atoms with Crippen LogP contribution in [0, 0.1) is 0 Å². The molecule has 0 aromatic heterocycles. The summed E-state index contributed by atoms with van der Waals surface area (Å²) >= 11 is 0. The van der Waals surface area contributed by atoms with Crippen LogP contribution >= 0.6 is 0 Å². The van der Waals surface area contributed by atoms with Crippen LogP contribution in [-0.4, -0.2) is 49.9 Å². The molecule has 0 saturated carbocycles. The van der Waals surface area contributed by atoms with Crippen LogP contribution in [0.2, 0.25) is 0 Å². The number of alkyl halides is 2. The van der Waals surface area contributed by atoms with Crippen LogP contribution < -0.4 is 15.5 Å². The third-order valence-electron chi connectivity index (χ3n) is 5.47. The summed E-state index contributed by atoms with van der Waals surface area (Å²) in [6.07, 6.45) is 4.66. The first-order valence-electron chi connectivity index (χ1n) is 10.4. The number of morpholine rings is 1. The van der Waals surface area contributed by atoms with E-state index in [0.717, 1.165) is 37.6 Å². The van der Waals surface area contributed by atoms with Gasteiger partial charge in [-0.15, -0.1) is 0 Å². The smallest absolute Gasteiger partial charge is 0.387 e. The van der Waals surface area contributed by atoms with Crippen molar-refractivity contribution in [2.45, 2.75) is 32.7 Å². The molecule has 1 atom stereocenters. The molecule has 166 valence electrons. The van der Waals surface area contributed by atoms with E-state index in [4.69, 9.17) is 4.74 Å². The number of amides is 1. The van der Waals surface area contributed by atoms with E-state index in [1.54, 1.807) is 17.2 Å². The van der Waals surface area contributed by atoms with Gasteiger partial charge in [0.15, 0.2) is 6.17 Å². The second-order valence-electron chi connectivity index (χ2n) is 7.37. The molecule has 1 fully saturated rings. The molecule has 1 amide bonds. The van der Waals surface area contributed by atoms with Crippen molar-refractivity contribution >= 4 is 11.6 Å². The zero-order chi connectivity index (χ0) is 21.8. The van der Waals surface area contributed by atoms with E-state index in [9.17, 15) is 13.6 Å². The summed E-state index contributed by atoms with van der Waals surface area (Å²) in [6, 6.07) is 8.08. The van der Waals surface area contributed by atoms with Crippen molar-refractivity contribution in [2.75, 3.05) is 31.2 Å². The lowest BCUT2D eigenvalue weighted by atomic mass is 10.1. The highest BCUT2D eigenvalue weighted by molar-refractivity contribution is 5.94. The Morgan fingerprint density at radius 3 is 2.71 bits per heavy atom. The van der Waals surface area contributed by atoms with E-state index in [2.05, 4.69) is 20.3 Å². The quantitative estimate of drug-likeness (QED) is 0.691. The van der Waals surface area contributed by atoms with Crippen molar-refractivity contribution in [3.05, 3.63) is 65.3 Å². The number of hydrogen-bond donors (Lipinski definition) is 2. The van der Waals surface area contributed by atoms with E-state index >= 15 is 0 Å². The van der Waals surface area contributed by atoms with Crippen LogP contribution in [0.1, 0.15) is 18.9 Å². The van der Waals surface area contributed by atoms with Crippen LogP contribution in [0.3, 0.4) is 0 Å². The Morgan fingerprint density at radius 2 is 2.03 bits per heavy atom. The lowest BCUT2D eigenvalue weighted by Crippen LogP contribution is -2.41. The van der Waals surface area contributed by atoms with Gasteiger partial charge >= 0.3 is 6.61 Å². The number of rotatable bonds is 7. The molecule has 1 aromatic carbocycles. The summed E-state index contributed by atoms with van der Waals surface area (Å²) in [5.41, 5.74) is 3.20. The topological polar surface area (TPSA) is 66.1 Å². The number of allylic oxidation sites excluding steroid dienone is 3. The first-order chi connectivity index (χ1) is 15.1. The largest absolute Gasteiger partial charge is 0.435 e. The van der Waals surface area contributed by atoms with Gasteiger partial charge in [-0.1, -0.05) is 19.1 Å². The Morgan fingerprint density at radius 1 is 1.29 bits per heavy atom. The van der Waals surface area contributed by atoms with Crippen LogP contribution in [0.4, 0.5) is 14.5 Å². The molecular weight excluding hydrogens is 406 g/mol. The van der Waals surface area contributed by atoms with Crippen molar-refractivity contribution in [1.29, 1.82) is 0 Å². The summed E-state index contributed by atoms with van der Waals surface area (Å²) in [7, 11) is 0. The van der Waals surface area contributed by atoms with Gasteiger partial charge in [-0.25, -0.2) is 0 Å². The van der Waals surface area contributed by atoms with Crippen molar-refractivity contribution < 1.29 is 23.0 Å². The maximum Gasteiger partial charge on any atom is 0.387 e. The molecule has 0 spiro atoms. The second-order valence-corrected chi connectivity index (χ2v) is 7.37. The standard InChI is InChI=1S/C22H26F2N4O3/c1-2-17-19(28-9-3-4-18(20(28)26-17)31-22(23)24)21(29)25-14-15-5-7-16(8-6-15)27-10-12-30-13-11-27/h3-9,20,22,26H,2,10-14H2,1H3,(H,25,29). The highest BCUT2D eigenvalue weighted by Gasteiger charge is 2.38. The van der Waals surface area contributed by atoms with E-state index < -0.39 is 12.8 Å². The van der Waals surface area contributed by atoms with Gasteiger partial charge in [-0.3, -0.25) is 4.79 Å². The summed E-state index contributed by atoms with van der Waals surface area (Å²) in [5.74, 6) is -0.197. The van der Waals surface area contributed by atoms with E-state index in [0.29, 0.717) is 24.4 Å². The number of carbonyl (C=O) groups excluding carboxylic acids is 1. The Kier molecular flexibility index (Phi) is 6.41. The summed E-state index contributed by atoms with van der Waals surface area (Å²) in [4.78, 5) is 16.9. The van der Waals surface area contributed by atoms with Crippen molar-refractivity contribution in [2.24, 2.45) is 0 Å². The minimum absolute atomic E-state index is 0.0740. The van der Waals surface area contributed by atoms with E-state index in [-0.39, 0.29) is 11.7 Å². The van der Waals surface area contributed by atoms with E-state index in [1.165, 1.54) is 6.08 Å². The van der Waals surface area contributed by atoms with Gasteiger partial charge in [0.2, 0.25) is 0 Å². The number of fused-ring (bicyclic) bond motifs is 1. The molecule has 0 aliphatic carbocycles. The number of hydrogen-bond acceptors (Lipinski definition) is 6. The molecule has 31 heavy (non-hydrogen) atoms. The zero-order valence-corrected chi connectivity index (χ0v) is 17.3. The third-order valence-corrected chi connectivity index (χ3v) is 5.47. The molecule has 3 aliphatic heterocycles. The average molecular weight is 432 g/mol. The Labute approximate surface area is 180 Å². The van der Waals surface area contributed by atoms with Gasteiger partial charge in [0.05, 0.1) is 13.2 Å². The minimum Gasteiger partial charge on any atom is -0.435 e. The third kappa shape index (κ3) is 4.66. The van der Waals surface area contributed by atoms with Crippen LogP contribution in [0.15, 0.2) is 59.8 Å². The molecule has 9 heteroatoms. The van der Waals surface area contributed by atoms with Crippen molar-refractivity contribution in [1.82, 2.24) is 15.5 Å². The lowest BCUT2D eigenvalue weighted by Gasteiger charge is -2.29. The summed E-state index contributed by atoms with van der Waals surface area (Å²) in [5, 5.41) is 6.06. The second kappa shape index (κ2) is 9.38. The molecule has 2 N–H and O–H groups in total. The maximum absolute atomic E-state index is 13.0. The fraction of sp³-hybridized carbons (Fsp3) is 0.409. The normalized spacial score (nSPS) is 20.5.